The maximum atomic E-state index is 9.42. The van der Waals surface area contributed by atoms with Gasteiger partial charge < -0.3 is 15.6 Å². The fourth-order valence-corrected chi connectivity index (χ4v) is 3.79. The van der Waals surface area contributed by atoms with Gasteiger partial charge in [0.25, 0.3) is 0 Å². The zero-order valence-electron chi connectivity index (χ0n) is 14.7. The van der Waals surface area contributed by atoms with Crippen LogP contribution >= 0.6 is 0 Å². The smallest absolute Gasteiger partial charge is 0.204 e. The molecule has 26 heavy (non-hydrogen) atoms. The van der Waals surface area contributed by atoms with E-state index in [1.54, 1.807) is 0 Å². The monoisotopic (exact) mass is 345 g/mol. The minimum Gasteiger partial charge on any atom is -0.351 e. The molecule has 0 radical (unpaired) electrons. The summed E-state index contributed by atoms with van der Waals surface area (Å²) < 4.78 is 2.16. The standard InChI is InChI=1S/C21H23N5/c22-13-15-7-1-2-8-16(15)14-26-20-12-6-5-11-19(20)25-21(26)24-18-10-4-3-9-17(18)23/h1-2,5-8,11-12,17-18H,3-4,9-10,14,23H2,(H,24,25)/t17-,18-/m0/s1. The molecule has 1 aliphatic rings. The van der Waals surface area contributed by atoms with E-state index in [-0.39, 0.29) is 12.1 Å². The largest absolute Gasteiger partial charge is 0.351 e. The Morgan fingerprint density at radius 2 is 1.88 bits per heavy atom. The number of hydrogen-bond acceptors (Lipinski definition) is 4. The molecule has 1 aromatic heterocycles. The van der Waals surface area contributed by atoms with Crippen molar-refractivity contribution >= 4 is 17.0 Å². The molecule has 3 N–H and O–H groups in total. The molecule has 4 rings (SSSR count). The Morgan fingerprint density at radius 1 is 1.12 bits per heavy atom. The molecule has 1 fully saturated rings. The van der Waals surface area contributed by atoms with Gasteiger partial charge in [-0.15, -0.1) is 0 Å². The van der Waals surface area contributed by atoms with Gasteiger partial charge in [0, 0.05) is 12.1 Å². The number of aromatic nitrogens is 2. The van der Waals surface area contributed by atoms with Crippen LogP contribution in [0.5, 0.6) is 0 Å². The zero-order chi connectivity index (χ0) is 17.9. The van der Waals surface area contributed by atoms with E-state index < -0.39 is 0 Å². The Hall–Kier alpha value is -2.84. The first-order valence-electron chi connectivity index (χ1n) is 9.21. The Labute approximate surface area is 153 Å². The predicted molar refractivity (Wildman–Crippen MR) is 104 cm³/mol. The number of nitrogens with one attached hydrogen (secondary N) is 1. The van der Waals surface area contributed by atoms with Gasteiger partial charge >= 0.3 is 0 Å². The number of imidazole rings is 1. The summed E-state index contributed by atoms with van der Waals surface area (Å²) in [4.78, 5) is 4.81. The van der Waals surface area contributed by atoms with Crippen molar-refractivity contribution < 1.29 is 0 Å². The van der Waals surface area contributed by atoms with Crippen LogP contribution in [0.15, 0.2) is 48.5 Å². The summed E-state index contributed by atoms with van der Waals surface area (Å²) in [6.45, 7) is 0.606. The van der Waals surface area contributed by atoms with Crippen LogP contribution in [-0.2, 0) is 6.54 Å². The first-order chi connectivity index (χ1) is 12.8. The Morgan fingerprint density at radius 3 is 2.73 bits per heavy atom. The van der Waals surface area contributed by atoms with Crippen LogP contribution in [0.25, 0.3) is 11.0 Å². The van der Waals surface area contributed by atoms with Crippen LogP contribution in [0.2, 0.25) is 0 Å². The van der Waals surface area contributed by atoms with Crippen LogP contribution in [0.4, 0.5) is 5.95 Å². The number of para-hydroxylation sites is 2. The Kier molecular flexibility index (Phi) is 4.59. The van der Waals surface area contributed by atoms with Gasteiger partial charge in [-0.2, -0.15) is 5.26 Å². The third kappa shape index (κ3) is 3.16. The molecule has 0 saturated heterocycles. The van der Waals surface area contributed by atoms with Crippen LogP contribution in [-0.4, -0.2) is 21.6 Å². The summed E-state index contributed by atoms with van der Waals surface area (Å²) in [7, 11) is 0. The van der Waals surface area contributed by atoms with E-state index in [0.717, 1.165) is 35.4 Å². The van der Waals surface area contributed by atoms with Crippen molar-refractivity contribution in [2.45, 2.75) is 44.3 Å². The normalized spacial score (nSPS) is 20.0. The number of nitriles is 1. The molecule has 2 aromatic carbocycles. The van der Waals surface area contributed by atoms with Crippen LogP contribution in [0.1, 0.15) is 36.8 Å². The second kappa shape index (κ2) is 7.19. The predicted octanol–water partition coefficient (Wildman–Crippen LogP) is 3.64. The molecule has 0 bridgehead atoms. The molecule has 1 aliphatic carbocycles. The highest BCUT2D eigenvalue weighted by Gasteiger charge is 2.24. The van der Waals surface area contributed by atoms with Gasteiger partial charge in [0.2, 0.25) is 5.95 Å². The van der Waals surface area contributed by atoms with Crippen molar-refractivity contribution in [3.63, 3.8) is 0 Å². The fourth-order valence-electron chi connectivity index (χ4n) is 3.79. The lowest BCUT2D eigenvalue weighted by Crippen LogP contribution is -2.43. The van der Waals surface area contributed by atoms with E-state index >= 15 is 0 Å². The van der Waals surface area contributed by atoms with Gasteiger partial charge in [-0.1, -0.05) is 43.2 Å². The molecule has 132 valence electrons. The maximum Gasteiger partial charge on any atom is 0.204 e. The second-order valence-corrected chi connectivity index (χ2v) is 6.98. The lowest BCUT2D eigenvalue weighted by atomic mass is 9.91. The van der Waals surface area contributed by atoms with Crippen LogP contribution in [0.3, 0.4) is 0 Å². The van der Waals surface area contributed by atoms with Gasteiger partial charge in [-0.05, 0) is 36.6 Å². The number of fused-ring (bicyclic) bond motifs is 1. The lowest BCUT2D eigenvalue weighted by molar-refractivity contribution is 0.401. The summed E-state index contributed by atoms with van der Waals surface area (Å²) in [5.74, 6) is 0.835. The second-order valence-electron chi connectivity index (χ2n) is 6.98. The number of nitrogens with two attached hydrogens (primary N) is 1. The number of anilines is 1. The number of nitrogens with zero attached hydrogens (tertiary/aromatic N) is 3. The quantitative estimate of drug-likeness (QED) is 0.756. The molecule has 0 aliphatic heterocycles. The minimum absolute atomic E-state index is 0.156. The summed E-state index contributed by atoms with van der Waals surface area (Å²) >= 11 is 0. The summed E-state index contributed by atoms with van der Waals surface area (Å²) in [6.07, 6.45) is 4.52. The van der Waals surface area contributed by atoms with Crippen molar-refractivity contribution in [3.8, 4) is 6.07 Å². The topological polar surface area (TPSA) is 79.7 Å². The highest BCUT2D eigenvalue weighted by Crippen LogP contribution is 2.26. The average Bonchev–Trinajstić information content (AvgIpc) is 3.01. The first kappa shape index (κ1) is 16.6. The van der Waals surface area contributed by atoms with Gasteiger partial charge in [0.15, 0.2) is 0 Å². The van der Waals surface area contributed by atoms with Gasteiger partial charge in [0.1, 0.15) is 0 Å². The molecular weight excluding hydrogens is 322 g/mol. The maximum absolute atomic E-state index is 9.42. The van der Waals surface area contributed by atoms with Crippen molar-refractivity contribution in [1.82, 2.24) is 9.55 Å². The summed E-state index contributed by atoms with van der Waals surface area (Å²) in [6, 6.07) is 18.5. The molecule has 0 spiro atoms. The molecule has 5 heteroatoms. The summed E-state index contributed by atoms with van der Waals surface area (Å²) in [5.41, 5.74) is 10.0. The highest BCUT2D eigenvalue weighted by molar-refractivity contribution is 5.78. The lowest BCUT2D eigenvalue weighted by Gasteiger charge is -2.29. The van der Waals surface area contributed by atoms with E-state index in [9.17, 15) is 5.26 Å². The fraction of sp³-hybridized carbons (Fsp3) is 0.333. The van der Waals surface area contributed by atoms with Gasteiger partial charge in [0.05, 0.1) is 29.2 Å². The molecule has 2 atom stereocenters. The molecule has 1 saturated carbocycles. The molecule has 0 amide bonds. The SMILES string of the molecule is N#Cc1ccccc1Cn1c(N[C@H]2CCCC[C@@H]2N)nc2ccccc21. The Bertz CT molecular complexity index is 952. The van der Waals surface area contributed by atoms with Crippen molar-refractivity contribution in [3.05, 3.63) is 59.7 Å². The number of benzene rings is 2. The van der Waals surface area contributed by atoms with Crippen LogP contribution < -0.4 is 11.1 Å². The van der Waals surface area contributed by atoms with E-state index in [0.29, 0.717) is 12.1 Å². The molecule has 0 unspecified atom stereocenters. The number of hydrogen-bond donors (Lipinski definition) is 2. The molecule has 5 nitrogen and oxygen atoms in total. The van der Waals surface area contributed by atoms with E-state index in [1.807, 2.05) is 42.5 Å². The van der Waals surface area contributed by atoms with Gasteiger partial charge in [-0.3, -0.25) is 0 Å². The third-order valence-corrected chi connectivity index (χ3v) is 5.25. The van der Waals surface area contributed by atoms with Crippen molar-refractivity contribution in [1.29, 1.82) is 5.26 Å². The number of rotatable bonds is 4. The minimum atomic E-state index is 0.156. The Balaban J connectivity index is 1.73. The first-order valence-corrected chi connectivity index (χ1v) is 9.21. The van der Waals surface area contributed by atoms with Gasteiger partial charge in [-0.25, -0.2) is 4.98 Å². The van der Waals surface area contributed by atoms with Crippen molar-refractivity contribution in [2.75, 3.05) is 5.32 Å². The van der Waals surface area contributed by atoms with E-state index in [4.69, 9.17) is 10.7 Å². The van der Waals surface area contributed by atoms with E-state index in [1.165, 1.54) is 12.8 Å². The zero-order valence-corrected chi connectivity index (χ0v) is 14.7. The molecular formula is C21H23N5. The average molecular weight is 345 g/mol. The molecule has 3 aromatic rings. The highest BCUT2D eigenvalue weighted by atomic mass is 15.2. The van der Waals surface area contributed by atoms with E-state index in [2.05, 4.69) is 22.0 Å². The molecule has 1 heterocycles. The van der Waals surface area contributed by atoms with Crippen molar-refractivity contribution in [2.24, 2.45) is 5.73 Å². The summed E-state index contributed by atoms with van der Waals surface area (Å²) in [5, 5.41) is 13.0. The third-order valence-electron chi connectivity index (χ3n) is 5.25. The van der Waals surface area contributed by atoms with Crippen LogP contribution in [0, 0.1) is 11.3 Å².